The Morgan fingerprint density at radius 1 is 1.13 bits per heavy atom. The third kappa shape index (κ3) is 3.81. The summed E-state index contributed by atoms with van der Waals surface area (Å²) >= 11 is 6.63. The molecule has 0 amide bonds. The standard InChI is InChI=1S/C15H14F3N3S2/c16-15(17,18)9-5-1-2-6-10(9)19-13(22)21-14-20-11-7-3-4-8-12(11)23-14/h1-2,5-6H,3-4,7-8H2,(H2,19,20,21,22). The van der Waals surface area contributed by atoms with Gasteiger partial charge in [0.2, 0.25) is 0 Å². The van der Waals surface area contributed by atoms with E-state index >= 15 is 0 Å². The molecule has 1 aromatic carbocycles. The first-order chi connectivity index (χ1) is 10.9. The fraction of sp³-hybridized carbons (Fsp3) is 0.333. The summed E-state index contributed by atoms with van der Waals surface area (Å²) in [6.07, 6.45) is -0.204. The van der Waals surface area contributed by atoms with Gasteiger partial charge in [-0.3, -0.25) is 0 Å². The van der Waals surface area contributed by atoms with Gasteiger partial charge in [0.1, 0.15) is 0 Å². The number of hydrogen-bond acceptors (Lipinski definition) is 3. The van der Waals surface area contributed by atoms with E-state index in [4.69, 9.17) is 12.2 Å². The van der Waals surface area contributed by atoms with Crippen molar-refractivity contribution < 1.29 is 13.2 Å². The van der Waals surface area contributed by atoms with Crippen LogP contribution in [0.1, 0.15) is 29.0 Å². The van der Waals surface area contributed by atoms with E-state index in [1.165, 1.54) is 34.4 Å². The lowest BCUT2D eigenvalue weighted by Gasteiger charge is -2.14. The van der Waals surface area contributed by atoms with E-state index in [1.807, 2.05) is 0 Å². The Kier molecular flexibility index (Phi) is 4.54. The fourth-order valence-corrected chi connectivity index (χ4v) is 3.82. The molecule has 3 rings (SSSR count). The third-order valence-electron chi connectivity index (χ3n) is 3.55. The lowest BCUT2D eigenvalue weighted by Crippen LogP contribution is -2.21. The number of para-hydroxylation sites is 1. The molecular weight excluding hydrogens is 343 g/mol. The van der Waals surface area contributed by atoms with Gasteiger partial charge in [-0.25, -0.2) is 4.98 Å². The number of benzene rings is 1. The number of thiazole rings is 1. The van der Waals surface area contributed by atoms with Crippen molar-refractivity contribution in [2.45, 2.75) is 31.9 Å². The van der Waals surface area contributed by atoms with E-state index in [9.17, 15) is 13.2 Å². The average Bonchev–Trinajstić information content (AvgIpc) is 2.88. The van der Waals surface area contributed by atoms with Crippen molar-refractivity contribution in [3.8, 4) is 0 Å². The van der Waals surface area contributed by atoms with Crippen molar-refractivity contribution in [2.24, 2.45) is 0 Å². The number of nitrogens with zero attached hydrogens (tertiary/aromatic N) is 1. The van der Waals surface area contributed by atoms with Gasteiger partial charge >= 0.3 is 6.18 Å². The van der Waals surface area contributed by atoms with Crippen molar-refractivity contribution in [3.63, 3.8) is 0 Å². The van der Waals surface area contributed by atoms with Gasteiger partial charge < -0.3 is 10.6 Å². The molecular formula is C15H14F3N3S2. The third-order valence-corrected chi connectivity index (χ3v) is 4.82. The Morgan fingerprint density at radius 3 is 2.61 bits per heavy atom. The van der Waals surface area contributed by atoms with Crippen LogP contribution in [0.4, 0.5) is 24.0 Å². The first-order valence-electron chi connectivity index (χ1n) is 7.16. The van der Waals surface area contributed by atoms with E-state index in [1.54, 1.807) is 0 Å². The molecule has 0 aliphatic heterocycles. The van der Waals surface area contributed by atoms with Crippen LogP contribution in [0.2, 0.25) is 0 Å². The summed E-state index contributed by atoms with van der Waals surface area (Å²) in [6.45, 7) is 0. The minimum Gasteiger partial charge on any atom is -0.332 e. The lowest BCUT2D eigenvalue weighted by molar-refractivity contribution is -0.136. The highest BCUT2D eigenvalue weighted by molar-refractivity contribution is 7.80. The van der Waals surface area contributed by atoms with E-state index in [2.05, 4.69) is 15.6 Å². The van der Waals surface area contributed by atoms with Crippen molar-refractivity contribution >= 4 is 39.5 Å². The zero-order valence-corrected chi connectivity index (χ0v) is 13.7. The molecule has 0 radical (unpaired) electrons. The minimum absolute atomic E-state index is 0.0705. The number of anilines is 2. The molecule has 0 saturated heterocycles. The Morgan fingerprint density at radius 2 is 1.87 bits per heavy atom. The van der Waals surface area contributed by atoms with E-state index in [0.717, 1.165) is 37.4 Å². The number of alkyl halides is 3. The van der Waals surface area contributed by atoms with Gasteiger partial charge in [0.05, 0.1) is 16.9 Å². The SMILES string of the molecule is FC(F)(F)c1ccccc1NC(=S)Nc1nc2c(s1)CCCC2. The molecule has 1 aromatic heterocycles. The number of aryl methyl sites for hydroxylation is 2. The van der Waals surface area contributed by atoms with Gasteiger partial charge in [-0.1, -0.05) is 12.1 Å². The highest BCUT2D eigenvalue weighted by Crippen LogP contribution is 2.35. The van der Waals surface area contributed by atoms with Crippen molar-refractivity contribution in [1.29, 1.82) is 0 Å². The van der Waals surface area contributed by atoms with Gasteiger partial charge in [-0.15, -0.1) is 11.3 Å². The predicted octanol–water partition coefficient (Wildman–Crippen LogP) is 4.85. The molecule has 2 aromatic rings. The van der Waals surface area contributed by atoms with Crippen LogP contribution in [0.15, 0.2) is 24.3 Å². The molecule has 2 N–H and O–H groups in total. The highest BCUT2D eigenvalue weighted by atomic mass is 32.1. The molecule has 1 aliphatic rings. The van der Waals surface area contributed by atoms with Gasteiger partial charge in [-0.05, 0) is 50.0 Å². The molecule has 0 unspecified atom stereocenters. The molecule has 0 atom stereocenters. The fourth-order valence-electron chi connectivity index (χ4n) is 2.50. The summed E-state index contributed by atoms with van der Waals surface area (Å²) in [6, 6.07) is 5.25. The Hall–Kier alpha value is -1.67. The molecule has 3 nitrogen and oxygen atoms in total. The Balaban J connectivity index is 1.72. The first-order valence-corrected chi connectivity index (χ1v) is 8.39. The zero-order valence-electron chi connectivity index (χ0n) is 12.0. The molecule has 8 heteroatoms. The molecule has 122 valence electrons. The molecule has 1 aliphatic carbocycles. The maximum absolute atomic E-state index is 13.0. The molecule has 1 heterocycles. The number of nitrogens with one attached hydrogen (secondary N) is 2. The summed E-state index contributed by atoms with van der Waals surface area (Å²) in [7, 11) is 0. The maximum Gasteiger partial charge on any atom is 0.418 e. The first kappa shape index (κ1) is 16.2. The Bertz CT molecular complexity index is 701. The summed E-state index contributed by atoms with van der Waals surface area (Å²) in [5, 5.41) is 6.23. The van der Waals surface area contributed by atoms with Crippen LogP contribution in [0.25, 0.3) is 0 Å². The smallest absolute Gasteiger partial charge is 0.332 e. The van der Waals surface area contributed by atoms with Gasteiger partial charge in [0.15, 0.2) is 10.2 Å². The topological polar surface area (TPSA) is 37.0 Å². The average molecular weight is 357 g/mol. The van der Waals surface area contributed by atoms with Gasteiger partial charge in [0, 0.05) is 4.88 Å². The second kappa shape index (κ2) is 6.45. The second-order valence-corrected chi connectivity index (χ2v) is 6.71. The monoisotopic (exact) mass is 357 g/mol. The van der Waals surface area contributed by atoms with E-state index in [-0.39, 0.29) is 10.8 Å². The van der Waals surface area contributed by atoms with E-state index < -0.39 is 11.7 Å². The minimum atomic E-state index is -4.43. The van der Waals surface area contributed by atoms with Crippen LogP contribution in [0.3, 0.4) is 0 Å². The normalized spacial score (nSPS) is 14.2. The number of fused-ring (bicyclic) bond motifs is 1. The molecule has 0 spiro atoms. The number of halogens is 3. The molecule has 0 bridgehead atoms. The van der Waals surface area contributed by atoms with Crippen molar-refractivity contribution in [2.75, 3.05) is 10.6 Å². The van der Waals surface area contributed by atoms with Crippen LogP contribution in [-0.2, 0) is 19.0 Å². The maximum atomic E-state index is 13.0. The summed E-state index contributed by atoms with van der Waals surface area (Å²) < 4.78 is 38.9. The van der Waals surface area contributed by atoms with Crippen LogP contribution in [0, 0.1) is 0 Å². The quantitative estimate of drug-likeness (QED) is 0.754. The number of rotatable bonds is 2. The van der Waals surface area contributed by atoms with Crippen LogP contribution >= 0.6 is 23.6 Å². The largest absolute Gasteiger partial charge is 0.418 e. The highest BCUT2D eigenvalue weighted by Gasteiger charge is 2.33. The summed E-state index contributed by atoms with van der Waals surface area (Å²) in [4.78, 5) is 5.69. The predicted molar refractivity (Wildman–Crippen MR) is 90.0 cm³/mol. The van der Waals surface area contributed by atoms with E-state index in [0.29, 0.717) is 5.13 Å². The second-order valence-electron chi connectivity index (χ2n) is 5.22. The molecule has 0 saturated carbocycles. The lowest BCUT2D eigenvalue weighted by atomic mass is 10.0. The van der Waals surface area contributed by atoms with Crippen molar-refractivity contribution in [3.05, 3.63) is 40.4 Å². The molecule has 23 heavy (non-hydrogen) atoms. The summed E-state index contributed by atoms with van der Waals surface area (Å²) in [5.41, 5.74) is 0.253. The Labute approximate surface area is 140 Å². The summed E-state index contributed by atoms with van der Waals surface area (Å²) in [5.74, 6) is 0. The zero-order chi connectivity index (χ0) is 16.4. The van der Waals surface area contributed by atoms with Crippen LogP contribution in [0.5, 0.6) is 0 Å². The van der Waals surface area contributed by atoms with Gasteiger partial charge in [-0.2, -0.15) is 13.2 Å². The molecule has 0 fully saturated rings. The number of aromatic nitrogens is 1. The number of hydrogen-bond donors (Lipinski definition) is 2. The van der Waals surface area contributed by atoms with Gasteiger partial charge in [0.25, 0.3) is 0 Å². The van der Waals surface area contributed by atoms with Crippen LogP contribution in [-0.4, -0.2) is 10.1 Å². The number of thiocarbonyl (C=S) groups is 1. The van der Waals surface area contributed by atoms with Crippen molar-refractivity contribution in [1.82, 2.24) is 4.98 Å². The van der Waals surface area contributed by atoms with Crippen LogP contribution < -0.4 is 10.6 Å².